The van der Waals surface area contributed by atoms with Crippen molar-refractivity contribution in [3.05, 3.63) is 39.5 Å². The summed E-state index contributed by atoms with van der Waals surface area (Å²) in [5.41, 5.74) is 1.27. The Labute approximate surface area is 75.1 Å². The van der Waals surface area contributed by atoms with Crippen LogP contribution in [0.1, 0.15) is 12.5 Å². The number of allylic oxidation sites excluding steroid dienone is 1. The van der Waals surface area contributed by atoms with Crippen LogP contribution < -0.4 is 0 Å². The van der Waals surface area contributed by atoms with Crippen LogP contribution in [0.25, 0.3) is 6.08 Å². The molecule has 0 spiro atoms. The minimum Gasteiger partial charge on any atom is -0.0871 e. The van der Waals surface area contributed by atoms with Crippen molar-refractivity contribution in [2.24, 2.45) is 0 Å². The fraction of sp³-hybridized carbons (Fsp3) is 0.111. The topological polar surface area (TPSA) is 0 Å². The summed E-state index contributed by atoms with van der Waals surface area (Å²) >= 11 is 2.30. The minimum atomic E-state index is 1.27. The fourth-order valence-corrected chi connectivity index (χ4v) is 1.13. The van der Waals surface area contributed by atoms with Gasteiger partial charge in [-0.3, -0.25) is 0 Å². The highest BCUT2D eigenvalue weighted by molar-refractivity contribution is 14.1. The third kappa shape index (κ3) is 2.14. The second-order valence-corrected chi connectivity index (χ2v) is 3.30. The number of hydrogen-bond donors (Lipinski definition) is 0. The van der Waals surface area contributed by atoms with Crippen molar-refractivity contribution < 1.29 is 0 Å². The van der Waals surface area contributed by atoms with Gasteiger partial charge in [0.1, 0.15) is 0 Å². The summed E-state index contributed by atoms with van der Waals surface area (Å²) in [5, 5.41) is 0. The Hall–Kier alpha value is -0.310. The van der Waals surface area contributed by atoms with Gasteiger partial charge in [0.05, 0.1) is 0 Å². The smallest absolute Gasteiger partial charge is 0.0130 e. The van der Waals surface area contributed by atoms with Crippen molar-refractivity contribution >= 4 is 28.7 Å². The zero-order valence-electron chi connectivity index (χ0n) is 5.84. The van der Waals surface area contributed by atoms with Gasteiger partial charge in [0.2, 0.25) is 0 Å². The average molecular weight is 244 g/mol. The van der Waals surface area contributed by atoms with Gasteiger partial charge in [-0.1, -0.05) is 24.3 Å². The molecule has 0 aliphatic heterocycles. The molecule has 0 heterocycles. The lowest BCUT2D eigenvalue weighted by Gasteiger charge is -1.91. The highest BCUT2D eigenvalue weighted by atomic mass is 127. The summed E-state index contributed by atoms with van der Waals surface area (Å²) in [5.74, 6) is 0. The van der Waals surface area contributed by atoms with Crippen LogP contribution in [0.4, 0.5) is 0 Å². The summed E-state index contributed by atoms with van der Waals surface area (Å²) in [6, 6.07) is 8.44. The third-order valence-corrected chi connectivity index (χ3v) is 1.95. The maximum atomic E-state index is 2.30. The molecule has 52 valence electrons. The highest BCUT2D eigenvalue weighted by Crippen LogP contribution is 2.07. The molecule has 0 nitrogen and oxygen atoms in total. The van der Waals surface area contributed by atoms with Gasteiger partial charge in [-0.25, -0.2) is 0 Å². The average Bonchev–Trinajstić information content (AvgIpc) is 1.95. The van der Waals surface area contributed by atoms with Crippen LogP contribution in [0.5, 0.6) is 0 Å². The number of rotatable bonds is 1. The van der Waals surface area contributed by atoms with Crippen molar-refractivity contribution in [3.8, 4) is 0 Å². The van der Waals surface area contributed by atoms with Crippen molar-refractivity contribution in [1.29, 1.82) is 0 Å². The van der Waals surface area contributed by atoms with E-state index in [4.69, 9.17) is 0 Å². The Balaban J connectivity index is 2.89. The lowest BCUT2D eigenvalue weighted by atomic mass is 10.2. The molecule has 0 fully saturated rings. The van der Waals surface area contributed by atoms with Gasteiger partial charge in [-0.05, 0) is 47.2 Å². The Morgan fingerprint density at radius 1 is 1.20 bits per heavy atom. The molecule has 0 saturated carbocycles. The van der Waals surface area contributed by atoms with E-state index in [0.29, 0.717) is 0 Å². The van der Waals surface area contributed by atoms with E-state index in [1.807, 2.05) is 13.0 Å². The lowest BCUT2D eigenvalue weighted by molar-refractivity contribution is 1.60. The number of hydrogen-bond acceptors (Lipinski definition) is 0. The zero-order chi connectivity index (χ0) is 7.40. The molecular weight excluding hydrogens is 235 g/mol. The number of halogens is 1. The molecule has 10 heavy (non-hydrogen) atoms. The fourth-order valence-electron chi connectivity index (χ4n) is 0.766. The van der Waals surface area contributed by atoms with E-state index in [-0.39, 0.29) is 0 Å². The summed E-state index contributed by atoms with van der Waals surface area (Å²) in [6.45, 7) is 2.03. The van der Waals surface area contributed by atoms with Crippen molar-refractivity contribution in [2.45, 2.75) is 6.92 Å². The molecule has 1 rings (SSSR count). The van der Waals surface area contributed by atoms with Gasteiger partial charge in [0, 0.05) is 3.57 Å². The van der Waals surface area contributed by atoms with Crippen molar-refractivity contribution in [3.63, 3.8) is 0 Å². The molecule has 0 aromatic heterocycles. The molecular formula is C9H9I. The minimum absolute atomic E-state index is 1.27. The monoisotopic (exact) mass is 244 g/mol. The molecule has 0 bridgehead atoms. The van der Waals surface area contributed by atoms with Gasteiger partial charge < -0.3 is 0 Å². The van der Waals surface area contributed by atoms with Gasteiger partial charge in [-0.15, -0.1) is 0 Å². The van der Waals surface area contributed by atoms with Crippen LogP contribution >= 0.6 is 22.6 Å². The molecule has 0 N–H and O–H groups in total. The zero-order valence-corrected chi connectivity index (χ0v) is 8.00. The second-order valence-electron chi connectivity index (χ2n) is 2.05. The highest BCUT2D eigenvalue weighted by Gasteiger charge is 1.84. The first-order chi connectivity index (χ1) is 4.83. The molecule has 0 unspecified atom stereocenters. The maximum absolute atomic E-state index is 2.30. The first-order valence-corrected chi connectivity index (χ1v) is 4.29. The standard InChI is InChI=1S/C9H9I/c1-2-3-8-4-6-9(10)7-5-8/h2-7H,1H3/b3-2+. The van der Waals surface area contributed by atoms with Crippen molar-refractivity contribution in [2.75, 3.05) is 0 Å². The van der Waals surface area contributed by atoms with E-state index in [0.717, 1.165) is 0 Å². The molecule has 1 aromatic carbocycles. The summed E-state index contributed by atoms with van der Waals surface area (Å²) < 4.78 is 1.28. The second kappa shape index (κ2) is 3.76. The SMILES string of the molecule is C/C=C/c1ccc(I)cc1. The molecule has 0 radical (unpaired) electrons. The Morgan fingerprint density at radius 2 is 1.80 bits per heavy atom. The molecule has 0 aliphatic rings. The van der Waals surface area contributed by atoms with Crippen LogP contribution in [0.2, 0.25) is 0 Å². The van der Waals surface area contributed by atoms with Crippen LogP contribution in [0, 0.1) is 3.57 Å². The molecule has 0 saturated heterocycles. The van der Waals surface area contributed by atoms with Crippen LogP contribution in [-0.4, -0.2) is 0 Å². The Morgan fingerprint density at radius 3 is 2.30 bits per heavy atom. The van der Waals surface area contributed by atoms with Crippen LogP contribution in [0.15, 0.2) is 30.3 Å². The van der Waals surface area contributed by atoms with Gasteiger partial charge in [0.25, 0.3) is 0 Å². The molecule has 0 amide bonds. The summed E-state index contributed by atoms with van der Waals surface area (Å²) in [4.78, 5) is 0. The van der Waals surface area contributed by atoms with Gasteiger partial charge >= 0.3 is 0 Å². The molecule has 0 atom stereocenters. The predicted octanol–water partition coefficient (Wildman–Crippen LogP) is 3.32. The molecule has 0 aliphatic carbocycles. The lowest BCUT2D eigenvalue weighted by Crippen LogP contribution is -1.71. The van der Waals surface area contributed by atoms with E-state index in [1.54, 1.807) is 0 Å². The predicted molar refractivity (Wildman–Crippen MR) is 53.9 cm³/mol. The van der Waals surface area contributed by atoms with Gasteiger partial charge in [-0.2, -0.15) is 0 Å². The van der Waals surface area contributed by atoms with E-state index in [1.165, 1.54) is 9.13 Å². The molecule has 1 heteroatoms. The summed E-state index contributed by atoms with van der Waals surface area (Å²) in [6.07, 6.45) is 4.14. The molecule has 1 aromatic rings. The Kier molecular flexibility index (Phi) is 2.93. The first-order valence-electron chi connectivity index (χ1n) is 3.21. The van der Waals surface area contributed by atoms with E-state index in [9.17, 15) is 0 Å². The van der Waals surface area contributed by atoms with Crippen LogP contribution in [-0.2, 0) is 0 Å². The van der Waals surface area contributed by atoms with Crippen LogP contribution in [0.3, 0.4) is 0 Å². The third-order valence-electron chi connectivity index (χ3n) is 1.23. The van der Waals surface area contributed by atoms with Gasteiger partial charge in [0.15, 0.2) is 0 Å². The summed E-state index contributed by atoms with van der Waals surface area (Å²) in [7, 11) is 0. The van der Waals surface area contributed by atoms with E-state index < -0.39 is 0 Å². The first kappa shape index (κ1) is 7.79. The van der Waals surface area contributed by atoms with E-state index in [2.05, 4.69) is 52.9 Å². The number of benzene rings is 1. The normalized spacial score (nSPS) is 10.6. The maximum Gasteiger partial charge on any atom is 0.0130 e. The van der Waals surface area contributed by atoms with Crippen molar-refractivity contribution in [1.82, 2.24) is 0 Å². The van der Waals surface area contributed by atoms with E-state index >= 15 is 0 Å². The Bertz CT molecular complexity index is 221. The largest absolute Gasteiger partial charge is 0.0871 e. The quantitative estimate of drug-likeness (QED) is 0.664.